The molecule has 0 bridgehead atoms. The summed E-state index contributed by atoms with van der Waals surface area (Å²) in [5.74, 6) is -0.0903. The summed E-state index contributed by atoms with van der Waals surface area (Å²) in [6.45, 7) is 9.25. The summed E-state index contributed by atoms with van der Waals surface area (Å²) in [6.07, 6.45) is 0.277. The van der Waals surface area contributed by atoms with Gasteiger partial charge in [-0.1, -0.05) is 0 Å². The van der Waals surface area contributed by atoms with Crippen molar-refractivity contribution in [3.05, 3.63) is 17.0 Å². The number of carbonyl (C=O) groups is 2. The molecule has 2 aliphatic rings. The Hall–Kier alpha value is -2.09. The zero-order valence-corrected chi connectivity index (χ0v) is 15.9. The van der Waals surface area contributed by atoms with Gasteiger partial charge < -0.3 is 9.64 Å². The van der Waals surface area contributed by atoms with Crippen LogP contribution in [0.1, 0.15) is 49.4 Å². The van der Waals surface area contributed by atoms with Gasteiger partial charge in [0.1, 0.15) is 11.3 Å². The van der Waals surface area contributed by atoms with Crippen LogP contribution in [-0.2, 0) is 24.2 Å². The first kappa shape index (κ1) is 17.7. The van der Waals surface area contributed by atoms with Crippen molar-refractivity contribution in [3.63, 3.8) is 0 Å². The van der Waals surface area contributed by atoms with Gasteiger partial charge in [-0.25, -0.2) is 9.80 Å². The number of likely N-dealkylation sites (N-methyl/N-ethyl adjacent to an activating group) is 1. The number of hydrazine groups is 1. The van der Waals surface area contributed by atoms with Crippen LogP contribution >= 0.6 is 0 Å². The third-order valence-electron chi connectivity index (χ3n) is 4.76. The Labute approximate surface area is 148 Å². The summed E-state index contributed by atoms with van der Waals surface area (Å²) in [7, 11) is 3.64. The Bertz CT molecular complexity index is 706. The molecule has 0 N–H and O–H groups in total. The molecule has 0 radical (unpaired) electrons. The lowest BCUT2D eigenvalue weighted by atomic mass is 9.99. The first-order valence-corrected chi connectivity index (χ1v) is 8.65. The zero-order valence-electron chi connectivity index (χ0n) is 15.9. The van der Waals surface area contributed by atoms with Gasteiger partial charge in [0.25, 0.3) is 5.91 Å². The molecule has 1 aromatic rings. The average molecular weight is 349 g/mol. The first-order valence-electron chi connectivity index (χ1n) is 8.65. The minimum Gasteiger partial charge on any atom is -0.444 e. The van der Waals surface area contributed by atoms with Gasteiger partial charge in [-0.05, 0) is 27.7 Å². The van der Waals surface area contributed by atoms with E-state index < -0.39 is 5.60 Å². The SMILES string of the molecule is C[C@@H]1Cc2nn3c(c2CN1C(=O)OC(C)(C)C)C(=O)N(C)N(C)CC3. The van der Waals surface area contributed by atoms with E-state index in [4.69, 9.17) is 4.74 Å². The molecule has 0 spiro atoms. The standard InChI is InChI=1S/C17H27N5O3/c1-11-9-13-12(10-21(11)16(24)25-17(2,3)4)14-15(23)20(6)19(5)7-8-22(14)18-13/h11H,7-10H2,1-6H3/t11-/m1/s1. The van der Waals surface area contributed by atoms with Crippen LogP contribution in [0.15, 0.2) is 0 Å². The van der Waals surface area contributed by atoms with Crippen molar-refractivity contribution in [3.8, 4) is 0 Å². The van der Waals surface area contributed by atoms with E-state index in [0.717, 1.165) is 11.3 Å². The van der Waals surface area contributed by atoms with Crippen molar-refractivity contribution in [2.24, 2.45) is 0 Å². The lowest BCUT2D eigenvalue weighted by Crippen LogP contribution is -2.46. The van der Waals surface area contributed by atoms with Crippen molar-refractivity contribution in [1.29, 1.82) is 0 Å². The molecule has 2 aliphatic heterocycles. The van der Waals surface area contributed by atoms with Gasteiger partial charge in [0.05, 0.1) is 18.8 Å². The fraction of sp³-hybridized carbons (Fsp3) is 0.706. The molecule has 8 heteroatoms. The largest absolute Gasteiger partial charge is 0.444 e. The number of hydrogen-bond acceptors (Lipinski definition) is 5. The molecule has 0 aliphatic carbocycles. The van der Waals surface area contributed by atoms with Crippen LogP contribution in [0.5, 0.6) is 0 Å². The predicted octanol–water partition coefficient (Wildman–Crippen LogP) is 1.50. The molecule has 138 valence electrons. The minimum absolute atomic E-state index is 0.0167. The number of hydrogen-bond donors (Lipinski definition) is 0. The second-order valence-corrected chi connectivity index (χ2v) is 7.87. The molecule has 3 rings (SSSR count). The minimum atomic E-state index is -0.550. The van der Waals surface area contributed by atoms with Gasteiger partial charge >= 0.3 is 6.09 Å². The number of fused-ring (bicyclic) bond motifs is 3. The molecule has 1 aromatic heterocycles. The Kier molecular flexibility index (Phi) is 4.26. The van der Waals surface area contributed by atoms with E-state index in [1.807, 2.05) is 39.8 Å². The monoisotopic (exact) mass is 349 g/mol. The molecule has 0 saturated heterocycles. The highest BCUT2D eigenvalue weighted by Gasteiger charge is 2.37. The van der Waals surface area contributed by atoms with Crippen LogP contribution in [0.4, 0.5) is 4.79 Å². The number of aromatic nitrogens is 2. The van der Waals surface area contributed by atoms with E-state index in [0.29, 0.717) is 31.7 Å². The van der Waals surface area contributed by atoms with Gasteiger partial charge in [-0.2, -0.15) is 5.10 Å². The zero-order chi connectivity index (χ0) is 18.5. The van der Waals surface area contributed by atoms with Gasteiger partial charge in [0, 0.05) is 38.7 Å². The highest BCUT2D eigenvalue weighted by atomic mass is 16.6. The molecule has 3 heterocycles. The van der Waals surface area contributed by atoms with E-state index in [-0.39, 0.29) is 18.0 Å². The van der Waals surface area contributed by atoms with Crippen molar-refractivity contribution >= 4 is 12.0 Å². The fourth-order valence-electron chi connectivity index (χ4n) is 3.26. The smallest absolute Gasteiger partial charge is 0.410 e. The van der Waals surface area contributed by atoms with Crippen molar-refractivity contribution in [1.82, 2.24) is 24.7 Å². The number of ether oxygens (including phenoxy) is 1. The third kappa shape index (κ3) is 3.22. The van der Waals surface area contributed by atoms with Gasteiger partial charge in [0.15, 0.2) is 0 Å². The topological polar surface area (TPSA) is 70.9 Å². The summed E-state index contributed by atoms with van der Waals surface area (Å²) in [5, 5.41) is 8.14. The summed E-state index contributed by atoms with van der Waals surface area (Å²) in [6, 6.07) is -0.0167. The van der Waals surface area contributed by atoms with E-state index in [2.05, 4.69) is 5.10 Å². The van der Waals surface area contributed by atoms with Gasteiger partial charge in [0.2, 0.25) is 0 Å². The lowest BCUT2D eigenvalue weighted by molar-refractivity contribution is 0.0128. The van der Waals surface area contributed by atoms with Crippen molar-refractivity contribution in [2.75, 3.05) is 20.6 Å². The van der Waals surface area contributed by atoms with Crippen LogP contribution in [-0.4, -0.2) is 69.0 Å². The number of nitrogens with zero attached hydrogens (tertiary/aromatic N) is 5. The highest BCUT2D eigenvalue weighted by molar-refractivity contribution is 5.94. The quantitative estimate of drug-likeness (QED) is 0.710. The Balaban J connectivity index is 1.94. The Morgan fingerprint density at radius 2 is 1.92 bits per heavy atom. The van der Waals surface area contributed by atoms with Crippen LogP contribution in [0, 0.1) is 0 Å². The third-order valence-corrected chi connectivity index (χ3v) is 4.76. The number of rotatable bonds is 0. The normalized spacial score (nSPS) is 21.7. The van der Waals surface area contributed by atoms with E-state index in [1.165, 1.54) is 0 Å². The van der Waals surface area contributed by atoms with Crippen LogP contribution in [0.25, 0.3) is 0 Å². The maximum atomic E-state index is 12.9. The number of carbonyl (C=O) groups excluding carboxylic acids is 2. The molecule has 8 nitrogen and oxygen atoms in total. The maximum absolute atomic E-state index is 12.9. The van der Waals surface area contributed by atoms with E-state index in [9.17, 15) is 9.59 Å². The van der Waals surface area contributed by atoms with Crippen molar-refractivity contribution < 1.29 is 14.3 Å². The van der Waals surface area contributed by atoms with Gasteiger partial charge in [-0.3, -0.25) is 14.5 Å². The van der Waals surface area contributed by atoms with Crippen LogP contribution in [0.3, 0.4) is 0 Å². The molecule has 25 heavy (non-hydrogen) atoms. The lowest BCUT2D eigenvalue weighted by Gasteiger charge is -2.34. The predicted molar refractivity (Wildman–Crippen MR) is 91.9 cm³/mol. The van der Waals surface area contributed by atoms with Crippen LogP contribution in [0.2, 0.25) is 0 Å². The molecule has 0 saturated carbocycles. The van der Waals surface area contributed by atoms with Crippen molar-refractivity contribution in [2.45, 2.75) is 58.8 Å². The Morgan fingerprint density at radius 3 is 2.56 bits per heavy atom. The second-order valence-electron chi connectivity index (χ2n) is 7.87. The first-order chi connectivity index (χ1) is 11.6. The van der Waals surface area contributed by atoms with Gasteiger partial charge in [-0.15, -0.1) is 0 Å². The molecule has 0 unspecified atom stereocenters. The van der Waals surface area contributed by atoms with Crippen LogP contribution < -0.4 is 0 Å². The highest BCUT2D eigenvalue weighted by Crippen LogP contribution is 2.29. The molecular formula is C17H27N5O3. The molecule has 0 fully saturated rings. The van der Waals surface area contributed by atoms with E-state index in [1.54, 1.807) is 21.6 Å². The summed E-state index contributed by atoms with van der Waals surface area (Å²) in [5.41, 5.74) is 1.79. The summed E-state index contributed by atoms with van der Waals surface area (Å²) < 4.78 is 7.32. The number of amides is 2. The van der Waals surface area contributed by atoms with E-state index >= 15 is 0 Å². The summed E-state index contributed by atoms with van der Waals surface area (Å²) >= 11 is 0. The second kappa shape index (κ2) is 6.01. The molecular weight excluding hydrogens is 322 g/mol. The maximum Gasteiger partial charge on any atom is 0.410 e. The summed E-state index contributed by atoms with van der Waals surface area (Å²) in [4.78, 5) is 27.1. The molecule has 0 aromatic carbocycles. The average Bonchev–Trinajstić information content (AvgIpc) is 2.80. The molecule has 2 amide bonds. The Morgan fingerprint density at radius 1 is 1.24 bits per heavy atom. The fourth-order valence-corrected chi connectivity index (χ4v) is 3.26. The molecule has 1 atom stereocenters.